The quantitative estimate of drug-likeness (QED) is 0.403. The van der Waals surface area contributed by atoms with E-state index in [1.165, 1.54) is 12.1 Å². The van der Waals surface area contributed by atoms with Gasteiger partial charge in [0.25, 0.3) is 0 Å². The number of halogens is 1. The maximum absolute atomic E-state index is 13.9. The van der Waals surface area contributed by atoms with Crippen LogP contribution >= 0.6 is 0 Å². The molecule has 0 bridgehead atoms. The molecule has 0 radical (unpaired) electrons. The number of aromatic nitrogens is 3. The summed E-state index contributed by atoms with van der Waals surface area (Å²) in [6.07, 6.45) is 4.23. The van der Waals surface area contributed by atoms with Crippen LogP contribution in [0.25, 0.3) is 11.2 Å². The molecule has 2 aromatic carbocycles. The Balaban J connectivity index is 1.65. The molecule has 0 saturated carbocycles. The molecule has 7 heteroatoms. The zero-order valence-electron chi connectivity index (χ0n) is 19.8. The molecule has 0 amide bonds. The molecule has 0 fully saturated rings. The fourth-order valence-corrected chi connectivity index (χ4v) is 4.77. The Hall–Kier alpha value is -4.02. The van der Waals surface area contributed by atoms with Crippen LogP contribution in [0.2, 0.25) is 0 Å². The van der Waals surface area contributed by atoms with E-state index in [2.05, 4.69) is 18.0 Å². The van der Waals surface area contributed by atoms with E-state index in [-0.39, 0.29) is 6.61 Å². The lowest BCUT2D eigenvalue weighted by molar-refractivity contribution is 0.212. The normalized spacial score (nSPS) is 15.0. The van der Waals surface area contributed by atoms with Crippen LogP contribution in [0.3, 0.4) is 0 Å². The van der Waals surface area contributed by atoms with E-state index in [4.69, 9.17) is 9.72 Å². The van der Waals surface area contributed by atoms with Crippen molar-refractivity contribution in [3.05, 3.63) is 99.5 Å². The largest absolute Gasteiger partial charge is 0.488 e. The number of nitriles is 1. The van der Waals surface area contributed by atoms with Gasteiger partial charge in [0.05, 0.1) is 23.2 Å². The van der Waals surface area contributed by atoms with E-state index < -0.39 is 11.9 Å². The van der Waals surface area contributed by atoms with Gasteiger partial charge in [-0.15, -0.1) is 0 Å². The average molecular weight is 469 g/mol. The van der Waals surface area contributed by atoms with Crippen molar-refractivity contribution in [2.75, 3.05) is 0 Å². The molecule has 1 atom stereocenters. The Labute approximate surface area is 203 Å². The Morgan fingerprint density at radius 2 is 2.06 bits per heavy atom. The highest BCUT2D eigenvalue weighted by Gasteiger charge is 2.26. The number of fused-ring (bicyclic) bond motifs is 3. The molecular weight excluding hydrogens is 443 g/mol. The molecule has 1 unspecified atom stereocenters. The van der Waals surface area contributed by atoms with E-state index in [1.54, 1.807) is 19.2 Å². The first-order valence-corrected chi connectivity index (χ1v) is 11.6. The minimum Gasteiger partial charge on any atom is -0.488 e. The molecule has 3 heterocycles. The van der Waals surface area contributed by atoms with Gasteiger partial charge in [0, 0.05) is 35.2 Å². The van der Waals surface area contributed by atoms with Crippen molar-refractivity contribution in [2.24, 2.45) is 0 Å². The van der Waals surface area contributed by atoms with Crippen LogP contribution in [0.4, 0.5) is 4.39 Å². The van der Waals surface area contributed by atoms with Crippen LogP contribution in [0.5, 0.6) is 5.75 Å². The Morgan fingerprint density at radius 3 is 2.83 bits per heavy atom. The monoisotopic (exact) mass is 468 g/mol. The summed E-state index contributed by atoms with van der Waals surface area (Å²) in [5.74, 6) is -0.0106. The van der Waals surface area contributed by atoms with Gasteiger partial charge in [-0.25, -0.2) is 9.37 Å². The lowest BCUT2D eigenvalue weighted by Crippen LogP contribution is -2.08. The van der Waals surface area contributed by atoms with Crippen molar-refractivity contribution >= 4 is 11.2 Å². The van der Waals surface area contributed by atoms with Crippen molar-refractivity contribution in [1.82, 2.24) is 14.4 Å². The van der Waals surface area contributed by atoms with Gasteiger partial charge in [-0.3, -0.25) is 9.38 Å². The fraction of sp³-hybridized carbons (Fsp3) is 0.250. The highest BCUT2D eigenvalue weighted by molar-refractivity contribution is 5.88. The van der Waals surface area contributed by atoms with Gasteiger partial charge in [0.15, 0.2) is 5.65 Å². The summed E-state index contributed by atoms with van der Waals surface area (Å²) in [4.78, 5) is 9.11. The molecule has 4 aromatic rings. The molecule has 0 spiro atoms. The summed E-state index contributed by atoms with van der Waals surface area (Å²) >= 11 is 0. The first kappa shape index (κ1) is 22.8. The van der Waals surface area contributed by atoms with Crippen molar-refractivity contribution in [3.8, 4) is 11.8 Å². The van der Waals surface area contributed by atoms with E-state index >= 15 is 0 Å². The second-order valence-corrected chi connectivity index (χ2v) is 8.76. The highest BCUT2D eigenvalue weighted by atomic mass is 19.1. The molecule has 176 valence electrons. The number of aliphatic hydroxyl groups excluding tert-OH is 1. The molecule has 0 saturated heterocycles. The Kier molecular flexibility index (Phi) is 5.83. The standard InChI is InChI=1S/C28H25FN4O2/c1-4-5-23-26(33-11-10-31-17(3)28(33)32-23)27(34)18-6-8-21-19(12-18)15-35-24-13-20(29)7-9-22(24)25(21)16(2)14-30/h6-13,27,34H,4-5,15H2,1-3H3. The summed E-state index contributed by atoms with van der Waals surface area (Å²) in [5, 5.41) is 21.2. The second kappa shape index (κ2) is 8.97. The van der Waals surface area contributed by atoms with E-state index in [1.807, 2.05) is 35.7 Å². The van der Waals surface area contributed by atoms with Gasteiger partial charge in [0.2, 0.25) is 0 Å². The van der Waals surface area contributed by atoms with Crippen LogP contribution in [0.1, 0.15) is 65.7 Å². The second-order valence-electron chi connectivity index (χ2n) is 8.76. The van der Waals surface area contributed by atoms with E-state index in [0.717, 1.165) is 46.7 Å². The lowest BCUT2D eigenvalue weighted by atomic mass is 9.89. The number of hydrogen-bond donors (Lipinski definition) is 1. The zero-order chi connectivity index (χ0) is 24.7. The number of benzene rings is 2. The highest BCUT2D eigenvalue weighted by Crippen LogP contribution is 2.40. The van der Waals surface area contributed by atoms with Crippen LogP contribution < -0.4 is 4.74 Å². The number of aliphatic hydroxyl groups is 1. The van der Waals surface area contributed by atoms with Crippen molar-refractivity contribution < 1.29 is 14.2 Å². The number of imidazole rings is 1. The van der Waals surface area contributed by atoms with Crippen LogP contribution in [0, 0.1) is 24.1 Å². The third-order valence-electron chi connectivity index (χ3n) is 6.43. The summed E-state index contributed by atoms with van der Waals surface area (Å²) in [6, 6.07) is 12.3. The van der Waals surface area contributed by atoms with Gasteiger partial charge in [-0.2, -0.15) is 5.26 Å². The Bertz CT molecular complexity index is 1530. The number of hydrogen-bond acceptors (Lipinski definition) is 5. The van der Waals surface area contributed by atoms with E-state index in [0.29, 0.717) is 28.0 Å². The predicted octanol–water partition coefficient (Wildman–Crippen LogP) is 5.45. The molecular formula is C28H25FN4O2. The molecule has 6 nitrogen and oxygen atoms in total. The molecule has 1 N–H and O–H groups in total. The van der Waals surface area contributed by atoms with Gasteiger partial charge in [0.1, 0.15) is 24.3 Å². The summed E-state index contributed by atoms with van der Waals surface area (Å²) < 4.78 is 21.8. The molecule has 1 aliphatic rings. The third-order valence-corrected chi connectivity index (χ3v) is 6.43. The zero-order valence-corrected chi connectivity index (χ0v) is 19.8. The van der Waals surface area contributed by atoms with Gasteiger partial charge in [-0.05, 0) is 55.2 Å². The molecule has 35 heavy (non-hydrogen) atoms. The minimum absolute atomic E-state index is 0.187. The minimum atomic E-state index is -0.925. The van der Waals surface area contributed by atoms with Crippen molar-refractivity contribution in [2.45, 2.75) is 46.3 Å². The van der Waals surface area contributed by atoms with Crippen LogP contribution in [-0.4, -0.2) is 19.5 Å². The molecule has 5 rings (SSSR count). The molecule has 1 aliphatic heterocycles. The van der Waals surface area contributed by atoms with Gasteiger partial charge >= 0.3 is 0 Å². The first-order chi connectivity index (χ1) is 16.9. The number of ether oxygens (including phenoxy) is 1. The summed E-state index contributed by atoms with van der Waals surface area (Å²) in [7, 11) is 0. The SMILES string of the molecule is CCCc1nc2c(C)nccn2c1C(O)c1ccc2c(c1)COc1cc(F)ccc1C2=C(C)C#N. The van der Waals surface area contributed by atoms with Gasteiger partial charge in [-0.1, -0.05) is 25.5 Å². The first-order valence-electron chi connectivity index (χ1n) is 11.6. The summed E-state index contributed by atoms with van der Waals surface area (Å²) in [6.45, 7) is 5.91. The lowest BCUT2D eigenvalue weighted by Gasteiger charge is -2.17. The van der Waals surface area contributed by atoms with Crippen LogP contribution in [0.15, 0.2) is 54.4 Å². The topological polar surface area (TPSA) is 83.4 Å². The predicted molar refractivity (Wildman–Crippen MR) is 130 cm³/mol. The smallest absolute Gasteiger partial charge is 0.158 e. The number of nitrogens with zero attached hydrogens (tertiary/aromatic N) is 4. The molecule has 0 aliphatic carbocycles. The van der Waals surface area contributed by atoms with E-state index in [9.17, 15) is 14.8 Å². The van der Waals surface area contributed by atoms with Crippen molar-refractivity contribution in [3.63, 3.8) is 0 Å². The fourth-order valence-electron chi connectivity index (χ4n) is 4.77. The maximum atomic E-state index is 13.9. The number of aryl methyl sites for hydroxylation is 2. The van der Waals surface area contributed by atoms with Crippen LogP contribution in [-0.2, 0) is 13.0 Å². The van der Waals surface area contributed by atoms with Crippen molar-refractivity contribution in [1.29, 1.82) is 5.26 Å². The summed E-state index contributed by atoms with van der Waals surface area (Å²) in [5.41, 5.74) is 7.30. The molecule has 2 aromatic heterocycles. The Morgan fingerprint density at radius 1 is 1.26 bits per heavy atom. The maximum Gasteiger partial charge on any atom is 0.158 e. The average Bonchev–Trinajstić information content (AvgIpc) is 3.15. The van der Waals surface area contributed by atoms with Gasteiger partial charge < -0.3 is 9.84 Å². The number of allylic oxidation sites excluding steroid dienone is 1. The number of rotatable bonds is 4. The third kappa shape index (κ3) is 3.86.